The van der Waals surface area contributed by atoms with Gasteiger partial charge in [0.25, 0.3) is 0 Å². The summed E-state index contributed by atoms with van der Waals surface area (Å²) in [6, 6.07) is 8.05. The Bertz CT molecular complexity index is 457. The Morgan fingerprint density at radius 2 is 2.20 bits per heavy atom. The summed E-state index contributed by atoms with van der Waals surface area (Å²) in [5.41, 5.74) is 7.57. The smallest absolute Gasteiger partial charge is 0.0537 e. The zero-order valence-electron chi connectivity index (χ0n) is 8.83. The molecule has 2 aromatic rings. The van der Waals surface area contributed by atoms with Gasteiger partial charge in [-0.3, -0.25) is 0 Å². The van der Waals surface area contributed by atoms with E-state index in [-0.39, 0.29) is 12.0 Å². The summed E-state index contributed by atoms with van der Waals surface area (Å²) in [7, 11) is 0. The van der Waals surface area contributed by atoms with Crippen LogP contribution in [0.4, 0.5) is 0 Å². The van der Waals surface area contributed by atoms with Gasteiger partial charge in [-0.2, -0.15) is 0 Å². The molecule has 15 heavy (non-hydrogen) atoms. The van der Waals surface area contributed by atoms with Gasteiger partial charge < -0.3 is 15.8 Å². The lowest BCUT2D eigenvalue weighted by molar-refractivity contribution is 0.211. The molecular weight excluding hydrogens is 188 g/mol. The van der Waals surface area contributed by atoms with Gasteiger partial charge in [0, 0.05) is 29.1 Å². The Kier molecular flexibility index (Phi) is 2.50. The van der Waals surface area contributed by atoms with E-state index in [1.54, 1.807) is 0 Å². The van der Waals surface area contributed by atoms with Crippen molar-refractivity contribution in [3.05, 3.63) is 36.0 Å². The lowest BCUT2D eigenvalue weighted by atomic mass is 9.81. The van der Waals surface area contributed by atoms with E-state index in [4.69, 9.17) is 5.73 Å². The third-order valence-electron chi connectivity index (χ3n) is 3.04. The Hall–Kier alpha value is -1.32. The maximum atomic E-state index is 9.45. The summed E-state index contributed by atoms with van der Waals surface area (Å²) in [4.78, 5) is 3.16. The molecule has 1 aromatic heterocycles. The Morgan fingerprint density at radius 3 is 2.87 bits per heavy atom. The highest BCUT2D eigenvalue weighted by molar-refractivity contribution is 5.84. The number of aliphatic hydroxyl groups is 1. The highest BCUT2D eigenvalue weighted by Crippen LogP contribution is 2.29. The van der Waals surface area contributed by atoms with Crippen LogP contribution in [-0.2, 0) is 5.41 Å². The number of aliphatic hydroxyl groups excluding tert-OH is 1. The van der Waals surface area contributed by atoms with Crippen molar-refractivity contribution in [1.82, 2.24) is 4.98 Å². The molecule has 3 nitrogen and oxygen atoms in total. The number of nitrogens with one attached hydrogen (secondary N) is 1. The maximum absolute atomic E-state index is 9.45. The molecule has 0 fully saturated rings. The molecule has 4 N–H and O–H groups in total. The molecule has 0 saturated carbocycles. The molecule has 80 valence electrons. The van der Waals surface area contributed by atoms with E-state index in [2.05, 4.69) is 4.98 Å². The number of rotatable bonds is 3. The van der Waals surface area contributed by atoms with Crippen LogP contribution in [0.1, 0.15) is 12.5 Å². The van der Waals surface area contributed by atoms with Crippen LogP contribution >= 0.6 is 0 Å². The summed E-state index contributed by atoms with van der Waals surface area (Å²) in [5, 5.41) is 10.6. The third kappa shape index (κ3) is 1.54. The first-order valence-electron chi connectivity index (χ1n) is 5.09. The van der Waals surface area contributed by atoms with Crippen molar-refractivity contribution in [1.29, 1.82) is 0 Å². The number of hydrogen-bond donors (Lipinski definition) is 3. The average Bonchev–Trinajstić information content (AvgIpc) is 2.75. The van der Waals surface area contributed by atoms with Gasteiger partial charge in [-0.05, 0) is 17.7 Å². The van der Waals surface area contributed by atoms with Crippen LogP contribution in [0.3, 0.4) is 0 Å². The van der Waals surface area contributed by atoms with E-state index >= 15 is 0 Å². The quantitative estimate of drug-likeness (QED) is 0.707. The number of H-pyrrole nitrogens is 1. The van der Waals surface area contributed by atoms with E-state index in [1.807, 2.05) is 37.4 Å². The molecule has 1 atom stereocenters. The predicted molar refractivity (Wildman–Crippen MR) is 61.8 cm³/mol. The maximum Gasteiger partial charge on any atom is 0.0537 e. The zero-order valence-corrected chi connectivity index (χ0v) is 8.83. The van der Waals surface area contributed by atoms with Crippen molar-refractivity contribution in [2.75, 3.05) is 13.2 Å². The molecule has 0 spiro atoms. The van der Waals surface area contributed by atoms with Gasteiger partial charge in [-0.15, -0.1) is 0 Å². The molecule has 0 amide bonds. The highest BCUT2D eigenvalue weighted by Gasteiger charge is 2.25. The van der Waals surface area contributed by atoms with Crippen molar-refractivity contribution in [3.8, 4) is 0 Å². The molecule has 0 radical (unpaired) electrons. The highest BCUT2D eigenvalue weighted by atomic mass is 16.3. The summed E-state index contributed by atoms with van der Waals surface area (Å²) in [6.07, 6.45) is 1.91. The normalized spacial score (nSPS) is 15.4. The number of aromatic nitrogens is 1. The van der Waals surface area contributed by atoms with Gasteiger partial charge in [-0.25, -0.2) is 0 Å². The molecule has 0 bridgehead atoms. The molecule has 3 heteroatoms. The molecular formula is C12H16N2O. The minimum atomic E-state index is -0.359. The number of hydrogen-bond acceptors (Lipinski definition) is 2. The molecule has 2 rings (SSSR count). The summed E-state index contributed by atoms with van der Waals surface area (Å²) < 4.78 is 0. The van der Waals surface area contributed by atoms with Crippen LogP contribution in [0.15, 0.2) is 30.5 Å². The first kappa shape index (κ1) is 10.2. The van der Waals surface area contributed by atoms with E-state index in [0.717, 1.165) is 16.5 Å². The third-order valence-corrected chi connectivity index (χ3v) is 3.04. The summed E-state index contributed by atoms with van der Waals surface area (Å²) >= 11 is 0. The van der Waals surface area contributed by atoms with Gasteiger partial charge in [0.2, 0.25) is 0 Å². The van der Waals surface area contributed by atoms with Crippen molar-refractivity contribution in [2.24, 2.45) is 5.73 Å². The Labute approximate surface area is 88.9 Å². The van der Waals surface area contributed by atoms with E-state index in [9.17, 15) is 5.11 Å². The molecule has 1 unspecified atom stereocenters. The average molecular weight is 204 g/mol. The van der Waals surface area contributed by atoms with Crippen LogP contribution in [-0.4, -0.2) is 23.2 Å². The standard InChI is InChI=1S/C12H16N2O/c1-12(7-13,8-15)10-3-2-4-11-9(10)5-6-14-11/h2-6,14-15H,7-8,13H2,1H3. The van der Waals surface area contributed by atoms with Crippen molar-refractivity contribution >= 4 is 10.9 Å². The molecule has 0 aliphatic heterocycles. The van der Waals surface area contributed by atoms with Crippen molar-refractivity contribution < 1.29 is 5.11 Å². The van der Waals surface area contributed by atoms with Gasteiger partial charge in [0.15, 0.2) is 0 Å². The predicted octanol–water partition coefficient (Wildman–Crippen LogP) is 1.38. The number of nitrogens with two attached hydrogens (primary N) is 1. The lowest BCUT2D eigenvalue weighted by Gasteiger charge is -2.26. The largest absolute Gasteiger partial charge is 0.395 e. The minimum Gasteiger partial charge on any atom is -0.395 e. The van der Waals surface area contributed by atoms with Gasteiger partial charge >= 0.3 is 0 Å². The second kappa shape index (κ2) is 3.68. The zero-order chi connectivity index (χ0) is 10.9. The molecule has 0 aliphatic rings. The summed E-state index contributed by atoms with van der Waals surface area (Å²) in [5.74, 6) is 0. The number of benzene rings is 1. The minimum absolute atomic E-state index is 0.0633. The Balaban J connectivity index is 2.64. The SMILES string of the molecule is CC(CN)(CO)c1cccc2[nH]ccc12. The lowest BCUT2D eigenvalue weighted by Crippen LogP contribution is -2.35. The van der Waals surface area contributed by atoms with Crippen LogP contribution in [0.2, 0.25) is 0 Å². The molecule has 1 heterocycles. The second-order valence-corrected chi connectivity index (χ2v) is 4.17. The Morgan fingerprint density at radius 1 is 1.40 bits per heavy atom. The molecule has 1 aromatic carbocycles. The number of aromatic amines is 1. The van der Waals surface area contributed by atoms with Crippen molar-refractivity contribution in [2.45, 2.75) is 12.3 Å². The van der Waals surface area contributed by atoms with Crippen LogP contribution in [0.5, 0.6) is 0 Å². The fourth-order valence-electron chi connectivity index (χ4n) is 1.87. The number of fused-ring (bicyclic) bond motifs is 1. The monoisotopic (exact) mass is 204 g/mol. The van der Waals surface area contributed by atoms with Gasteiger partial charge in [-0.1, -0.05) is 19.1 Å². The van der Waals surface area contributed by atoms with E-state index in [0.29, 0.717) is 6.54 Å². The van der Waals surface area contributed by atoms with Crippen molar-refractivity contribution in [3.63, 3.8) is 0 Å². The fourth-order valence-corrected chi connectivity index (χ4v) is 1.87. The van der Waals surface area contributed by atoms with Crippen LogP contribution < -0.4 is 5.73 Å². The van der Waals surface area contributed by atoms with Crippen LogP contribution in [0.25, 0.3) is 10.9 Å². The van der Waals surface area contributed by atoms with E-state index < -0.39 is 0 Å². The first-order valence-corrected chi connectivity index (χ1v) is 5.09. The topological polar surface area (TPSA) is 62.0 Å². The molecule has 0 saturated heterocycles. The van der Waals surface area contributed by atoms with Gasteiger partial charge in [0.1, 0.15) is 0 Å². The van der Waals surface area contributed by atoms with Gasteiger partial charge in [0.05, 0.1) is 6.61 Å². The first-order chi connectivity index (χ1) is 7.21. The molecule has 0 aliphatic carbocycles. The van der Waals surface area contributed by atoms with E-state index in [1.165, 1.54) is 0 Å². The summed E-state index contributed by atoms with van der Waals surface area (Å²) in [6.45, 7) is 2.48. The second-order valence-electron chi connectivity index (χ2n) is 4.17. The van der Waals surface area contributed by atoms with Crippen LogP contribution in [0, 0.1) is 0 Å². The fraction of sp³-hybridized carbons (Fsp3) is 0.333.